The maximum absolute atomic E-state index is 12.3. The molecule has 4 heteroatoms. The highest BCUT2D eigenvalue weighted by molar-refractivity contribution is 5.94. The van der Waals surface area contributed by atoms with Gasteiger partial charge in [-0.15, -0.1) is 0 Å². The second-order valence-electron chi connectivity index (χ2n) is 4.78. The van der Waals surface area contributed by atoms with E-state index in [9.17, 15) is 9.90 Å². The molecule has 98 valence electrons. The molecule has 0 aliphatic carbocycles. The number of piperazine rings is 1. The van der Waals surface area contributed by atoms with Crippen molar-refractivity contribution in [2.24, 2.45) is 0 Å². The summed E-state index contributed by atoms with van der Waals surface area (Å²) in [5, 5.41) is 9.23. The van der Waals surface area contributed by atoms with E-state index in [1.807, 2.05) is 4.90 Å². The Hall–Kier alpha value is -1.55. The van der Waals surface area contributed by atoms with E-state index in [0.29, 0.717) is 11.6 Å². The number of carbonyl (C=O) groups is 1. The van der Waals surface area contributed by atoms with Gasteiger partial charge in [0.15, 0.2) is 0 Å². The monoisotopic (exact) mass is 248 g/mol. The van der Waals surface area contributed by atoms with Crippen LogP contribution in [-0.4, -0.2) is 53.0 Å². The minimum absolute atomic E-state index is 0.0533. The number of phenols is 1. The van der Waals surface area contributed by atoms with E-state index < -0.39 is 0 Å². The number of amides is 1. The number of phenolic OH excluding ortho intramolecular Hbond substituents is 1. The molecule has 1 saturated heterocycles. The van der Waals surface area contributed by atoms with E-state index in [1.165, 1.54) is 0 Å². The SMILES string of the molecule is CCN1CCN(C(=O)c2ccc(O)cc2)CC1C. The maximum atomic E-state index is 12.3. The molecule has 1 amide bonds. The molecule has 2 rings (SSSR count). The fraction of sp³-hybridized carbons (Fsp3) is 0.500. The zero-order valence-electron chi connectivity index (χ0n) is 11.0. The summed E-state index contributed by atoms with van der Waals surface area (Å²) in [6, 6.07) is 6.87. The summed E-state index contributed by atoms with van der Waals surface area (Å²) < 4.78 is 0. The van der Waals surface area contributed by atoms with Crippen molar-refractivity contribution in [3.63, 3.8) is 0 Å². The van der Waals surface area contributed by atoms with Gasteiger partial charge in [-0.05, 0) is 37.7 Å². The molecule has 1 atom stereocenters. The number of aromatic hydroxyl groups is 1. The Morgan fingerprint density at radius 1 is 1.33 bits per heavy atom. The van der Waals surface area contributed by atoms with Gasteiger partial charge in [0.2, 0.25) is 0 Å². The molecule has 1 N–H and O–H groups in total. The van der Waals surface area contributed by atoms with Crippen molar-refractivity contribution in [2.75, 3.05) is 26.2 Å². The Kier molecular flexibility index (Phi) is 3.87. The summed E-state index contributed by atoms with van der Waals surface area (Å²) in [5.74, 6) is 0.244. The smallest absolute Gasteiger partial charge is 0.253 e. The van der Waals surface area contributed by atoms with Crippen LogP contribution in [0.3, 0.4) is 0 Å². The molecule has 1 heterocycles. The third kappa shape index (κ3) is 2.64. The van der Waals surface area contributed by atoms with E-state index in [-0.39, 0.29) is 11.7 Å². The first-order chi connectivity index (χ1) is 8.61. The molecule has 0 bridgehead atoms. The van der Waals surface area contributed by atoms with Crippen LogP contribution in [0.1, 0.15) is 24.2 Å². The van der Waals surface area contributed by atoms with Crippen LogP contribution in [0.15, 0.2) is 24.3 Å². The van der Waals surface area contributed by atoms with Gasteiger partial charge < -0.3 is 10.0 Å². The van der Waals surface area contributed by atoms with E-state index in [2.05, 4.69) is 18.7 Å². The van der Waals surface area contributed by atoms with Gasteiger partial charge in [0, 0.05) is 31.2 Å². The van der Waals surface area contributed by atoms with Gasteiger partial charge in [0.05, 0.1) is 0 Å². The molecule has 0 aromatic heterocycles. The second-order valence-corrected chi connectivity index (χ2v) is 4.78. The summed E-state index contributed by atoms with van der Waals surface area (Å²) in [6.07, 6.45) is 0. The topological polar surface area (TPSA) is 43.8 Å². The standard InChI is InChI=1S/C14H20N2O2/c1-3-15-8-9-16(10-11(15)2)14(18)12-4-6-13(17)7-5-12/h4-7,11,17H,3,8-10H2,1-2H3. The number of nitrogens with zero attached hydrogens (tertiary/aromatic N) is 2. The number of likely N-dealkylation sites (N-methyl/N-ethyl adjacent to an activating group) is 1. The highest BCUT2D eigenvalue weighted by atomic mass is 16.3. The van der Waals surface area contributed by atoms with Gasteiger partial charge in [-0.2, -0.15) is 0 Å². The lowest BCUT2D eigenvalue weighted by atomic mass is 10.1. The number of hydrogen-bond donors (Lipinski definition) is 1. The van der Waals surface area contributed by atoms with E-state index in [4.69, 9.17) is 0 Å². The van der Waals surface area contributed by atoms with Crippen molar-refractivity contribution in [3.05, 3.63) is 29.8 Å². The molecule has 4 nitrogen and oxygen atoms in total. The van der Waals surface area contributed by atoms with Crippen LogP contribution in [0.5, 0.6) is 5.75 Å². The average Bonchev–Trinajstić information content (AvgIpc) is 2.38. The fourth-order valence-corrected chi connectivity index (χ4v) is 2.44. The van der Waals surface area contributed by atoms with Crippen LogP contribution < -0.4 is 0 Å². The fourth-order valence-electron chi connectivity index (χ4n) is 2.44. The Bertz CT molecular complexity index is 416. The Balaban J connectivity index is 2.04. The molecule has 1 fully saturated rings. The molecule has 1 unspecified atom stereocenters. The zero-order valence-corrected chi connectivity index (χ0v) is 11.0. The Morgan fingerprint density at radius 2 is 2.00 bits per heavy atom. The van der Waals surface area contributed by atoms with Crippen LogP contribution in [-0.2, 0) is 0 Å². The molecule has 0 spiro atoms. The van der Waals surface area contributed by atoms with Crippen molar-refractivity contribution in [2.45, 2.75) is 19.9 Å². The van der Waals surface area contributed by atoms with Gasteiger partial charge in [0.25, 0.3) is 5.91 Å². The summed E-state index contributed by atoms with van der Waals surface area (Å²) in [6.45, 7) is 7.81. The first-order valence-corrected chi connectivity index (χ1v) is 6.44. The lowest BCUT2D eigenvalue weighted by Crippen LogP contribution is -2.53. The maximum Gasteiger partial charge on any atom is 0.253 e. The molecule has 1 aromatic carbocycles. The van der Waals surface area contributed by atoms with Crippen LogP contribution in [0.4, 0.5) is 0 Å². The molecule has 1 aromatic rings. The first-order valence-electron chi connectivity index (χ1n) is 6.44. The van der Waals surface area contributed by atoms with E-state index in [0.717, 1.165) is 26.2 Å². The average molecular weight is 248 g/mol. The van der Waals surface area contributed by atoms with Crippen LogP contribution in [0.2, 0.25) is 0 Å². The quantitative estimate of drug-likeness (QED) is 0.863. The molecule has 1 aliphatic heterocycles. The third-order valence-corrected chi connectivity index (χ3v) is 3.57. The first kappa shape index (κ1) is 12.9. The van der Waals surface area contributed by atoms with Crippen LogP contribution in [0.25, 0.3) is 0 Å². The molecular weight excluding hydrogens is 228 g/mol. The van der Waals surface area contributed by atoms with Crippen molar-refractivity contribution >= 4 is 5.91 Å². The van der Waals surface area contributed by atoms with Gasteiger partial charge in [-0.3, -0.25) is 9.69 Å². The van der Waals surface area contributed by atoms with Crippen LogP contribution >= 0.6 is 0 Å². The minimum atomic E-state index is 0.0533. The number of benzene rings is 1. The molecule has 18 heavy (non-hydrogen) atoms. The summed E-state index contributed by atoms with van der Waals surface area (Å²) in [7, 11) is 0. The van der Waals surface area contributed by atoms with Gasteiger partial charge in [-0.1, -0.05) is 6.92 Å². The Labute approximate surface area is 108 Å². The van der Waals surface area contributed by atoms with E-state index in [1.54, 1.807) is 24.3 Å². The number of rotatable bonds is 2. The Morgan fingerprint density at radius 3 is 2.56 bits per heavy atom. The molecule has 0 saturated carbocycles. The van der Waals surface area contributed by atoms with E-state index >= 15 is 0 Å². The summed E-state index contributed by atoms with van der Waals surface area (Å²) >= 11 is 0. The zero-order chi connectivity index (χ0) is 13.1. The lowest BCUT2D eigenvalue weighted by molar-refractivity contribution is 0.0528. The van der Waals surface area contributed by atoms with Crippen molar-refractivity contribution in [3.8, 4) is 5.75 Å². The minimum Gasteiger partial charge on any atom is -0.508 e. The van der Waals surface area contributed by atoms with Crippen molar-refractivity contribution in [1.82, 2.24) is 9.80 Å². The molecule has 1 aliphatic rings. The predicted octanol–water partition coefficient (Wildman–Crippen LogP) is 1.56. The van der Waals surface area contributed by atoms with Crippen LogP contribution in [0, 0.1) is 0 Å². The number of hydrogen-bond acceptors (Lipinski definition) is 3. The van der Waals surface area contributed by atoms with Gasteiger partial charge in [-0.25, -0.2) is 0 Å². The highest BCUT2D eigenvalue weighted by Gasteiger charge is 2.26. The molecular formula is C14H20N2O2. The summed E-state index contributed by atoms with van der Waals surface area (Å²) in [4.78, 5) is 16.5. The lowest BCUT2D eigenvalue weighted by Gasteiger charge is -2.39. The second kappa shape index (κ2) is 5.40. The normalized spacial score (nSPS) is 21.0. The molecule has 0 radical (unpaired) electrons. The highest BCUT2D eigenvalue weighted by Crippen LogP contribution is 2.15. The third-order valence-electron chi connectivity index (χ3n) is 3.57. The van der Waals surface area contributed by atoms with Crippen molar-refractivity contribution < 1.29 is 9.90 Å². The largest absolute Gasteiger partial charge is 0.508 e. The van der Waals surface area contributed by atoms with Gasteiger partial charge in [0.1, 0.15) is 5.75 Å². The van der Waals surface area contributed by atoms with Gasteiger partial charge >= 0.3 is 0 Å². The van der Waals surface area contributed by atoms with Crippen molar-refractivity contribution in [1.29, 1.82) is 0 Å². The summed E-state index contributed by atoms with van der Waals surface area (Å²) in [5.41, 5.74) is 0.643. The number of carbonyl (C=O) groups excluding carboxylic acids is 1. The predicted molar refractivity (Wildman–Crippen MR) is 70.7 cm³/mol.